The first kappa shape index (κ1) is 18.6. The van der Waals surface area contributed by atoms with Crippen LogP contribution in [0.15, 0.2) is 71.3 Å². The molecule has 1 aromatic heterocycles. The summed E-state index contributed by atoms with van der Waals surface area (Å²) in [6.07, 6.45) is 2.26. The molecular weight excluding hydrogens is 342 g/mol. The van der Waals surface area contributed by atoms with Crippen LogP contribution < -0.4 is 14.8 Å². The van der Waals surface area contributed by atoms with Gasteiger partial charge in [-0.2, -0.15) is 0 Å². The zero-order valence-electron chi connectivity index (χ0n) is 15.5. The lowest BCUT2D eigenvalue weighted by atomic mass is 10.1. The van der Waals surface area contributed by atoms with Gasteiger partial charge in [-0.1, -0.05) is 30.3 Å². The van der Waals surface area contributed by atoms with Gasteiger partial charge in [0.2, 0.25) is 0 Å². The van der Waals surface area contributed by atoms with E-state index in [1.54, 1.807) is 31.6 Å². The van der Waals surface area contributed by atoms with E-state index in [0.717, 1.165) is 11.3 Å². The maximum atomic E-state index is 12.5. The van der Waals surface area contributed by atoms with Crippen LogP contribution in [0.4, 0.5) is 0 Å². The molecular formula is C22H23NO4. The van der Waals surface area contributed by atoms with Crippen molar-refractivity contribution < 1.29 is 18.7 Å². The quantitative estimate of drug-likeness (QED) is 0.649. The van der Waals surface area contributed by atoms with E-state index in [0.29, 0.717) is 30.1 Å². The summed E-state index contributed by atoms with van der Waals surface area (Å²) in [7, 11) is 1.56. The van der Waals surface area contributed by atoms with Crippen molar-refractivity contribution in [1.82, 2.24) is 5.32 Å². The summed E-state index contributed by atoms with van der Waals surface area (Å²) in [5.41, 5.74) is 1.58. The van der Waals surface area contributed by atoms with E-state index in [2.05, 4.69) is 5.32 Å². The topological polar surface area (TPSA) is 60.7 Å². The molecule has 5 nitrogen and oxygen atoms in total. The molecule has 140 valence electrons. The Bertz CT molecular complexity index is 859. The van der Waals surface area contributed by atoms with E-state index < -0.39 is 0 Å². The van der Waals surface area contributed by atoms with Gasteiger partial charge in [0, 0.05) is 18.0 Å². The molecule has 5 heteroatoms. The van der Waals surface area contributed by atoms with Gasteiger partial charge >= 0.3 is 0 Å². The van der Waals surface area contributed by atoms with E-state index in [4.69, 9.17) is 13.9 Å². The normalized spacial score (nSPS) is 11.6. The van der Waals surface area contributed by atoms with Crippen molar-refractivity contribution in [3.05, 3.63) is 83.8 Å². The minimum Gasteiger partial charge on any atom is -0.493 e. The summed E-state index contributed by atoms with van der Waals surface area (Å²) >= 11 is 0. The summed E-state index contributed by atoms with van der Waals surface area (Å²) in [5.74, 6) is 1.80. The van der Waals surface area contributed by atoms with Crippen LogP contribution in [0.5, 0.6) is 11.5 Å². The molecule has 0 aliphatic rings. The molecule has 0 bridgehead atoms. The van der Waals surface area contributed by atoms with Gasteiger partial charge in [0.05, 0.1) is 13.4 Å². The number of carbonyl (C=O) groups is 1. The number of rotatable bonds is 8. The third kappa shape index (κ3) is 5.14. The first-order chi connectivity index (χ1) is 13.2. The zero-order valence-corrected chi connectivity index (χ0v) is 15.5. The summed E-state index contributed by atoms with van der Waals surface area (Å²) in [4.78, 5) is 12.5. The average molecular weight is 365 g/mol. The zero-order chi connectivity index (χ0) is 19.1. The standard InChI is InChI=1S/C22H23NO4/c1-16(13-19-9-6-12-26-19)23-22(24)18-10-11-20(21(14-18)25-2)27-15-17-7-4-3-5-8-17/h3-12,14,16H,13,15H2,1-2H3,(H,23,24). The molecule has 3 rings (SSSR count). The van der Waals surface area contributed by atoms with Gasteiger partial charge in [-0.05, 0) is 42.8 Å². The minimum atomic E-state index is -0.165. The number of amides is 1. The Kier molecular flexibility index (Phi) is 6.15. The molecule has 1 heterocycles. The van der Waals surface area contributed by atoms with Crippen LogP contribution in [0.3, 0.4) is 0 Å². The fourth-order valence-corrected chi connectivity index (χ4v) is 2.75. The van der Waals surface area contributed by atoms with Gasteiger partial charge in [0.1, 0.15) is 12.4 Å². The van der Waals surface area contributed by atoms with Gasteiger partial charge in [0.25, 0.3) is 5.91 Å². The highest BCUT2D eigenvalue weighted by Gasteiger charge is 2.14. The highest BCUT2D eigenvalue weighted by atomic mass is 16.5. The third-order valence-electron chi connectivity index (χ3n) is 4.13. The van der Waals surface area contributed by atoms with Crippen LogP contribution in [0.25, 0.3) is 0 Å². The van der Waals surface area contributed by atoms with Crippen molar-refractivity contribution in [3.8, 4) is 11.5 Å². The van der Waals surface area contributed by atoms with E-state index in [1.807, 2.05) is 49.4 Å². The SMILES string of the molecule is COc1cc(C(=O)NC(C)Cc2ccco2)ccc1OCc1ccccc1. The fraction of sp³-hybridized carbons (Fsp3) is 0.227. The molecule has 0 saturated heterocycles. The second kappa shape index (κ2) is 8.94. The van der Waals surface area contributed by atoms with Gasteiger partial charge in [-0.3, -0.25) is 4.79 Å². The van der Waals surface area contributed by atoms with Crippen molar-refractivity contribution in [2.24, 2.45) is 0 Å². The van der Waals surface area contributed by atoms with E-state index >= 15 is 0 Å². The Morgan fingerprint density at radius 1 is 1.07 bits per heavy atom. The molecule has 0 spiro atoms. The van der Waals surface area contributed by atoms with Crippen molar-refractivity contribution in [3.63, 3.8) is 0 Å². The molecule has 0 saturated carbocycles. The van der Waals surface area contributed by atoms with Gasteiger partial charge in [0.15, 0.2) is 11.5 Å². The number of furan rings is 1. The monoisotopic (exact) mass is 365 g/mol. The van der Waals surface area contributed by atoms with Crippen LogP contribution in [0.2, 0.25) is 0 Å². The Balaban J connectivity index is 1.63. The fourth-order valence-electron chi connectivity index (χ4n) is 2.75. The van der Waals surface area contributed by atoms with Crippen LogP contribution in [0.1, 0.15) is 28.6 Å². The lowest BCUT2D eigenvalue weighted by Gasteiger charge is -2.15. The Hall–Kier alpha value is -3.21. The average Bonchev–Trinajstić information content (AvgIpc) is 3.19. The van der Waals surface area contributed by atoms with Gasteiger partial charge in [-0.15, -0.1) is 0 Å². The second-order valence-corrected chi connectivity index (χ2v) is 6.30. The molecule has 27 heavy (non-hydrogen) atoms. The summed E-state index contributed by atoms with van der Waals surface area (Å²) in [6.45, 7) is 2.37. The maximum Gasteiger partial charge on any atom is 0.251 e. The van der Waals surface area contributed by atoms with Crippen molar-refractivity contribution in [2.75, 3.05) is 7.11 Å². The Morgan fingerprint density at radius 2 is 1.89 bits per heavy atom. The van der Waals surface area contributed by atoms with E-state index in [9.17, 15) is 4.79 Å². The molecule has 1 unspecified atom stereocenters. The van der Waals surface area contributed by atoms with Gasteiger partial charge in [-0.25, -0.2) is 0 Å². The van der Waals surface area contributed by atoms with Gasteiger partial charge < -0.3 is 19.2 Å². The smallest absolute Gasteiger partial charge is 0.251 e. The molecule has 2 aromatic carbocycles. The number of hydrogen-bond acceptors (Lipinski definition) is 4. The molecule has 0 fully saturated rings. The summed E-state index contributed by atoms with van der Waals surface area (Å²) in [6, 6.07) is 18.7. The number of carbonyl (C=O) groups excluding carboxylic acids is 1. The third-order valence-corrected chi connectivity index (χ3v) is 4.13. The number of benzene rings is 2. The van der Waals surface area contributed by atoms with Crippen molar-refractivity contribution in [1.29, 1.82) is 0 Å². The first-order valence-corrected chi connectivity index (χ1v) is 8.83. The molecule has 0 aliphatic heterocycles. The Morgan fingerprint density at radius 3 is 2.59 bits per heavy atom. The molecule has 1 N–H and O–H groups in total. The van der Waals surface area contributed by atoms with Crippen LogP contribution in [-0.2, 0) is 13.0 Å². The van der Waals surface area contributed by atoms with E-state index in [1.165, 1.54) is 0 Å². The van der Waals surface area contributed by atoms with Crippen LogP contribution in [-0.4, -0.2) is 19.1 Å². The lowest BCUT2D eigenvalue weighted by Crippen LogP contribution is -2.34. The molecule has 0 aliphatic carbocycles. The summed E-state index contributed by atoms with van der Waals surface area (Å²) < 4.78 is 16.5. The number of methoxy groups -OCH3 is 1. The predicted molar refractivity (Wildman–Crippen MR) is 103 cm³/mol. The van der Waals surface area contributed by atoms with Crippen LogP contribution >= 0.6 is 0 Å². The number of nitrogens with one attached hydrogen (secondary N) is 1. The Labute approximate surface area is 158 Å². The largest absolute Gasteiger partial charge is 0.493 e. The molecule has 0 radical (unpaired) electrons. The highest BCUT2D eigenvalue weighted by Crippen LogP contribution is 2.29. The first-order valence-electron chi connectivity index (χ1n) is 8.83. The number of hydrogen-bond donors (Lipinski definition) is 1. The van der Waals surface area contributed by atoms with Crippen LogP contribution in [0, 0.1) is 0 Å². The maximum absolute atomic E-state index is 12.5. The second-order valence-electron chi connectivity index (χ2n) is 6.30. The van der Waals surface area contributed by atoms with Crippen molar-refractivity contribution in [2.45, 2.75) is 26.0 Å². The summed E-state index contributed by atoms with van der Waals surface area (Å²) in [5, 5.41) is 2.97. The number of ether oxygens (including phenoxy) is 2. The molecule has 3 aromatic rings. The van der Waals surface area contributed by atoms with Crippen molar-refractivity contribution >= 4 is 5.91 Å². The minimum absolute atomic E-state index is 0.0522. The highest BCUT2D eigenvalue weighted by molar-refractivity contribution is 5.95. The predicted octanol–water partition coefficient (Wildman–Crippen LogP) is 4.23. The molecule has 1 atom stereocenters. The molecule has 1 amide bonds. The van der Waals surface area contributed by atoms with E-state index in [-0.39, 0.29) is 11.9 Å². The lowest BCUT2D eigenvalue weighted by molar-refractivity contribution is 0.0939.